The van der Waals surface area contributed by atoms with E-state index in [4.69, 9.17) is 26.1 Å². The number of fused-ring (bicyclic) bond motifs is 1. The molecule has 0 atom stereocenters. The lowest BCUT2D eigenvalue weighted by Gasteiger charge is -2.15. The van der Waals surface area contributed by atoms with Crippen LogP contribution in [0.2, 0.25) is 5.02 Å². The summed E-state index contributed by atoms with van der Waals surface area (Å²) in [5.74, 6) is 2.26. The predicted molar refractivity (Wildman–Crippen MR) is 128 cm³/mol. The summed E-state index contributed by atoms with van der Waals surface area (Å²) in [4.78, 5) is 4.85. The monoisotopic (exact) mass is 435 g/mol. The van der Waals surface area contributed by atoms with Gasteiger partial charge in [-0.1, -0.05) is 35.4 Å². The smallest absolute Gasteiger partial charge is 0.208 e. The van der Waals surface area contributed by atoms with Crippen molar-refractivity contribution < 1.29 is 9.47 Å². The number of benzene rings is 3. The maximum atomic E-state index is 6.20. The SMILES string of the molecule is CCOc1ccc(C)cc1-c1cccc2nc(Nc3c(C)cc(Cl)cc3OC)n(C)c12. The fourth-order valence-electron chi connectivity index (χ4n) is 3.88. The molecule has 0 aliphatic carbocycles. The average molecular weight is 436 g/mol. The minimum Gasteiger partial charge on any atom is -0.495 e. The second kappa shape index (κ2) is 8.52. The zero-order valence-corrected chi connectivity index (χ0v) is 19.2. The molecule has 1 N–H and O–H groups in total. The van der Waals surface area contributed by atoms with Crippen LogP contribution in [0.1, 0.15) is 18.1 Å². The highest BCUT2D eigenvalue weighted by atomic mass is 35.5. The Hall–Kier alpha value is -3.18. The number of para-hydroxylation sites is 1. The van der Waals surface area contributed by atoms with Gasteiger partial charge in [-0.25, -0.2) is 4.98 Å². The van der Waals surface area contributed by atoms with E-state index in [9.17, 15) is 0 Å². The van der Waals surface area contributed by atoms with Gasteiger partial charge in [-0.2, -0.15) is 0 Å². The molecule has 0 aliphatic rings. The molecular formula is C25H26ClN3O2. The Labute approximate surface area is 187 Å². The van der Waals surface area contributed by atoms with E-state index in [1.165, 1.54) is 5.56 Å². The summed E-state index contributed by atoms with van der Waals surface area (Å²) < 4.78 is 13.5. The number of imidazole rings is 1. The van der Waals surface area contributed by atoms with Gasteiger partial charge in [0.2, 0.25) is 5.95 Å². The number of hydrogen-bond donors (Lipinski definition) is 1. The Bertz CT molecular complexity index is 1260. The van der Waals surface area contributed by atoms with Gasteiger partial charge in [-0.05, 0) is 50.6 Å². The van der Waals surface area contributed by atoms with Gasteiger partial charge < -0.3 is 19.4 Å². The summed E-state index contributed by atoms with van der Waals surface area (Å²) in [5, 5.41) is 4.08. The van der Waals surface area contributed by atoms with Gasteiger partial charge in [-0.3, -0.25) is 0 Å². The van der Waals surface area contributed by atoms with Crippen LogP contribution < -0.4 is 14.8 Å². The molecule has 1 aromatic heterocycles. The number of anilines is 2. The molecule has 160 valence electrons. The minimum atomic E-state index is 0.611. The quantitative estimate of drug-likeness (QED) is 0.367. The van der Waals surface area contributed by atoms with Crippen molar-refractivity contribution in [3.8, 4) is 22.6 Å². The van der Waals surface area contributed by atoms with Crippen molar-refractivity contribution in [1.29, 1.82) is 0 Å². The van der Waals surface area contributed by atoms with Crippen molar-refractivity contribution in [2.24, 2.45) is 7.05 Å². The number of aryl methyl sites for hydroxylation is 3. The van der Waals surface area contributed by atoms with Crippen LogP contribution in [0.15, 0.2) is 48.5 Å². The lowest BCUT2D eigenvalue weighted by Crippen LogP contribution is -2.03. The van der Waals surface area contributed by atoms with Crippen LogP contribution in [-0.2, 0) is 7.05 Å². The predicted octanol–water partition coefficient (Wildman–Crippen LogP) is 6.66. The lowest BCUT2D eigenvalue weighted by molar-refractivity contribution is 0.341. The molecule has 0 saturated heterocycles. The van der Waals surface area contributed by atoms with E-state index in [-0.39, 0.29) is 0 Å². The van der Waals surface area contributed by atoms with Crippen LogP contribution in [0.4, 0.5) is 11.6 Å². The fraction of sp³-hybridized carbons (Fsp3) is 0.240. The van der Waals surface area contributed by atoms with E-state index in [2.05, 4.69) is 35.0 Å². The summed E-state index contributed by atoms with van der Waals surface area (Å²) in [5.41, 5.74) is 7.07. The van der Waals surface area contributed by atoms with Gasteiger partial charge in [-0.15, -0.1) is 0 Å². The molecule has 0 bridgehead atoms. The van der Waals surface area contributed by atoms with E-state index < -0.39 is 0 Å². The standard InChI is InChI=1S/C25H26ClN3O2/c1-6-31-21-11-10-15(2)12-19(21)18-8-7-9-20-24(18)29(4)25(27-20)28-23-16(3)13-17(26)14-22(23)30-5/h7-14H,6H2,1-5H3,(H,27,28). The number of hydrogen-bond acceptors (Lipinski definition) is 4. The Morgan fingerprint density at radius 1 is 1.03 bits per heavy atom. The van der Waals surface area contributed by atoms with Crippen LogP contribution in [0.25, 0.3) is 22.2 Å². The summed E-state index contributed by atoms with van der Waals surface area (Å²) in [6.07, 6.45) is 0. The largest absolute Gasteiger partial charge is 0.495 e. The van der Waals surface area contributed by atoms with Crippen molar-refractivity contribution in [3.05, 3.63) is 64.7 Å². The van der Waals surface area contributed by atoms with Crippen molar-refractivity contribution >= 4 is 34.3 Å². The first-order chi connectivity index (χ1) is 14.9. The number of halogens is 1. The fourth-order valence-corrected chi connectivity index (χ4v) is 4.14. The van der Waals surface area contributed by atoms with Crippen molar-refractivity contribution in [1.82, 2.24) is 9.55 Å². The molecule has 0 aliphatic heterocycles. The van der Waals surface area contributed by atoms with Gasteiger partial charge in [0.1, 0.15) is 11.5 Å². The normalized spacial score (nSPS) is 11.0. The molecule has 5 nitrogen and oxygen atoms in total. The highest BCUT2D eigenvalue weighted by Crippen LogP contribution is 2.38. The second-order valence-electron chi connectivity index (χ2n) is 7.53. The molecule has 0 unspecified atom stereocenters. The molecule has 3 aromatic carbocycles. The van der Waals surface area contributed by atoms with Crippen molar-refractivity contribution in [2.45, 2.75) is 20.8 Å². The van der Waals surface area contributed by atoms with Crippen LogP contribution >= 0.6 is 11.6 Å². The topological polar surface area (TPSA) is 48.3 Å². The van der Waals surface area contributed by atoms with Crippen LogP contribution in [0.5, 0.6) is 11.5 Å². The number of methoxy groups -OCH3 is 1. The first-order valence-corrected chi connectivity index (χ1v) is 10.6. The third-order valence-corrected chi connectivity index (χ3v) is 5.56. The number of nitrogens with zero attached hydrogens (tertiary/aromatic N) is 2. The van der Waals surface area contributed by atoms with Crippen LogP contribution in [0, 0.1) is 13.8 Å². The molecule has 31 heavy (non-hydrogen) atoms. The number of nitrogens with one attached hydrogen (secondary N) is 1. The third-order valence-electron chi connectivity index (χ3n) is 5.34. The van der Waals surface area contributed by atoms with E-state index in [1.807, 2.05) is 45.2 Å². The first-order valence-electron chi connectivity index (χ1n) is 10.2. The molecule has 0 saturated carbocycles. The van der Waals surface area contributed by atoms with Crippen LogP contribution in [-0.4, -0.2) is 23.3 Å². The molecule has 6 heteroatoms. The third kappa shape index (κ3) is 3.93. The zero-order chi connectivity index (χ0) is 22.1. The molecule has 0 radical (unpaired) electrons. The zero-order valence-electron chi connectivity index (χ0n) is 18.4. The Balaban J connectivity index is 1.87. The van der Waals surface area contributed by atoms with Gasteiger partial charge >= 0.3 is 0 Å². The summed E-state index contributed by atoms with van der Waals surface area (Å²) in [7, 11) is 3.64. The van der Waals surface area contributed by atoms with Gasteiger partial charge in [0, 0.05) is 29.3 Å². The van der Waals surface area contributed by atoms with Gasteiger partial charge in [0.25, 0.3) is 0 Å². The summed E-state index contributed by atoms with van der Waals surface area (Å²) in [6, 6.07) is 16.1. The second-order valence-corrected chi connectivity index (χ2v) is 7.96. The molecule has 0 spiro atoms. The van der Waals surface area contributed by atoms with Gasteiger partial charge in [0.15, 0.2) is 0 Å². The first kappa shape index (κ1) is 21.1. The Kier molecular flexibility index (Phi) is 5.79. The lowest BCUT2D eigenvalue weighted by atomic mass is 10.0. The number of aromatic nitrogens is 2. The maximum absolute atomic E-state index is 6.20. The number of ether oxygens (including phenoxy) is 2. The van der Waals surface area contributed by atoms with Crippen LogP contribution in [0.3, 0.4) is 0 Å². The van der Waals surface area contributed by atoms with E-state index in [0.717, 1.165) is 45.1 Å². The molecule has 4 aromatic rings. The summed E-state index contributed by atoms with van der Waals surface area (Å²) in [6.45, 7) is 6.69. The van der Waals surface area contributed by atoms with E-state index in [1.54, 1.807) is 13.2 Å². The van der Waals surface area contributed by atoms with Crippen molar-refractivity contribution in [3.63, 3.8) is 0 Å². The minimum absolute atomic E-state index is 0.611. The highest BCUT2D eigenvalue weighted by Gasteiger charge is 2.18. The molecular weight excluding hydrogens is 410 g/mol. The van der Waals surface area contributed by atoms with Gasteiger partial charge in [0.05, 0.1) is 30.4 Å². The molecule has 1 heterocycles. The molecule has 4 rings (SSSR count). The molecule has 0 fully saturated rings. The van der Waals surface area contributed by atoms with E-state index in [0.29, 0.717) is 17.4 Å². The Morgan fingerprint density at radius 2 is 1.84 bits per heavy atom. The number of rotatable bonds is 6. The van der Waals surface area contributed by atoms with Crippen molar-refractivity contribution in [2.75, 3.05) is 19.0 Å². The Morgan fingerprint density at radius 3 is 2.58 bits per heavy atom. The average Bonchev–Trinajstić information content (AvgIpc) is 3.07. The summed E-state index contributed by atoms with van der Waals surface area (Å²) >= 11 is 6.20. The maximum Gasteiger partial charge on any atom is 0.208 e. The van der Waals surface area contributed by atoms with E-state index >= 15 is 0 Å². The molecule has 0 amide bonds. The highest BCUT2D eigenvalue weighted by molar-refractivity contribution is 6.31.